The number of hydrogen-bond acceptors (Lipinski definition) is 3. The van der Waals surface area contributed by atoms with Gasteiger partial charge in [0, 0.05) is 44.4 Å². The average Bonchev–Trinajstić information content (AvgIpc) is 3.84. The minimum absolute atomic E-state index is 0.112. The Kier molecular flexibility index (Phi) is 8.78. The topological polar surface area (TPSA) is 19.6 Å². The van der Waals surface area contributed by atoms with E-state index in [-0.39, 0.29) is 11.5 Å². The van der Waals surface area contributed by atoms with Crippen LogP contribution in [0.15, 0.2) is 205 Å². The lowest BCUT2D eigenvalue weighted by Crippen LogP contribution is -2.39. The molecular formula is C59H48N2O. The molecule has 300 valence electrons. The number of benzene rings is 8. The van der Waals surface area contributed by atoms with Gasteiger partial charge in [-0.2, -0.15) is 0 Å². The number of fused-ring (bicyclic) bond motifs is 7. The van der Waals surface area contributed by atoms with Gasteiger partial charge in [0.05, 0.1) is 17.4 Å². The van der Waals surface area contributed by atoms with Crippen LogP contribution in [-0.4, -0.2) is 6.04 Å². The summed E-state index contributed by atoms with van der Waals surface area (Å²) in [5, 5.41) is 4.98. The Labute approximate surface area is 363 Å². The third-order valence-electron chi connectivity index (χ3n) is 14.1. The predicted octanol–water partition coefficient (Wildman–Crippen LogP) is 16.5. The molecule has 3 heteroatoms. The van der Waals surface area contributed by atoms with Crippen LogP contribution in [-0.2, 0) is 5.41 Å². The molecule has 0 N–H and O–H groups in total. The SMILES string of the molecule is CC12C=CC=CC1N(c1ccccc1)c1cccc(N(c3cccc(-c4ccc5c(c4)oc4ccccc45)c3)c3ccccc3-c3cccc4cccc(C5CCCCC5)c34)c12. The lowest BCUT2D eigenvalue weighted by Gasteiger charge is -2.36. The van der Waals surface area contributed by atoms with Crippen LogP contribution in [0, 0.1) is 0 Å². The molecule has 2 atom stereocenters. The van der Waals surface area contributed by atoms with E-state index in [1.807, 2.05) is 6.07 Å². The molecule has 0 amide bonds. The van der Waals surface area contributed by atoms with Gasteiger partial charge in [-0.05, 0) is 119 Å². The molecule has 9 aromatic rings. The molecule has 0 bridgehead atoms. The van der Waals surface area contributed by atoms with Crippen LogP contribution in [0.4, 0.5) is 28.4 Å². The highest BCUT2D eigenvalue weighted by atomic mass is 16.3. The lowest BCUT2D eigenvalue weighted by atomic mass is 9.75. The number of para-hydroxylation sites is 3. The van der Waals surface area contributed by atoms with E-state index in [0.29, 0.717) is 5.92 Å². The van der Waals surface area contributed by atoms with E-state index >= 15 is 0 Å². The minimum Gasteiger partial charge on any atom is -0.456 e. The van der Waals surface area contributed by atoms with E-state index in [1.165, 1.54) is 82.2 Å². The second-order valence-electron chi connectivity index (χ2n) is 17.6. The first kappa shape index (κ1) is 36.7. The fourth-order valence-corrected chi connectivity index (χ4v) is 11.2. The first-order chi connectivity index (χ1) is 30.6. The van der Waals surface area contributed by atoms with Crippen molar-refractivity contribution in [3.05, 3.63) is 211 Å². The largest absolute Gasteiger partial charge is 0.456 e. The van der Waals surface area contributed by atoms with E-state index in [9.17, 15) is 0 Å². The molecule has 1 aromatic heterocycles. The van der Waals surface area contributed by atoms with Crippen molar-refractivity contribution in [2.24, 2.45) is 0 Å². The lowest BCUT2D eigenvalue weighted by molar-refractivity contribution is 0.445. The van der Waals surface area contributed by atoms with Gasteiger partial charge in [0.25, 0.3) is 0 Å². The van der Waals surface area contributed by atoms with Crippen molar-refractivity contribution >= 4 is 61.1 Å². The first-order valence-corrected chi connectivity index (χ1v) is 22.4. The number of anilines is 5. The Balaban J connectivity index is 1.10. The summed E-state index contributed by atoms with van der Waals surface area (Å²) < 4.78 is 6.42. The van der Waals surface area contributed by atoms with Crippen molar-refractivity contribution in [3.63, 3.8) is 0 Å². The number of furan rings is 1. The highest BCUT2D eigenvalue weighted by molar-refractivity contribution is 6.07. The average molecular weight is 801 g/mol. The Morgan fingerprint density at radius 2 is 1.31 bits per heavy atom. The van der Waals surface area contributed by atoms with E-state index < -0.39 is 0 Å². The Morgan fingerprint density at radius 1 is 0.581 bits per heavy atom. The molecule has 1 fully saturated rings. The van der Waals surface area contributed by atoms with Crippen molar-refractivity contribution in [2.75, 3.05) is 9.80 Å². The first-order valence-electron chi connectivity index (χ1n) is 22.4. The van der Waals surface area contributed by atoms with Crippen LogP contribution >= 0.6 is 0 Å². The molecule has 2 aliphatic carbocycles. The summed E-state index contributed by atoms with van der Waals surface area (Å²) in [7, 11) is 0. The van der Waals surface area contributed by atoms with Crippen molar-refractivity contribution in [1.29, 1.82) is 0 Å². The predicted molar refractivity (Wildman–Crippen MR) is 261 cm³/mol. The Bertz CT molecular complexity index is 3220. The molecular weight excluding hydrogens is 753 g/mol. The maximum absolute atomic E-state index is 6.42. The normalized spacial score (nSPS) is 18.4. The van der Waals surface area contributed by atoms with Crippen LogP contribution < -0.4 is 9.80 Å². The molecule has 0 radical (unpaired) electrons. The zero-order chi connectivity index (χ0) is 41.2. The summed E-state index contributed by atoms with van der Waals surface area (Å²) >= 11 is 0. The molecule has 2 unspecified atom stereocenters. The van der Waals surface area contributed by atoms with E-state index in [4.69, 9.17) is 4.42 Å². The van der Waals surface area contributed by atoms with Gasteiger partial charge < -0.3 is 14.2 Å². The van der Waals surface area contributed by atoms with Crippen molar-refractivity contribution in [3.8, 4) is 22.3 Å². The molecule has 12 rings (SSSR count). The van der Waals surface area contributed by atoms with Gasteiger partial charge in [-0.15, -0.1) is 0 Å². The molecule has 3 aliphatic rings. The van der Waals surface area contributed by atoms with Gasteiger partial charge in [0.1, 0.15) is 11.2 Å². The quantitative estimate of drug-likeness (QED) is 0.160. The third kappa shape index (κ3) is 5.86. The number of hydrogen-bond donors (Lipinski definition) is 0. The maximum atomic E-state index is 6.42. The van der Waals surface area contributed by atoms with E-state index in [1.54, 1.807) is 0 Å². The molecule has 1 saturated carbocycles. The summed E-state index contributed by atoms with van der Waals surface area (Å²) in [5.74, 6) is 0.571. The summed E-state index contributed by atoms with van der Waals surface area (Å²) in [6.45, 7) is 2.42. The smallest absolute Gasteiger partial charge is 0.136 e. The van der Waals surface area contributed by atoms with Crippen LogP contribution in [0.5, 0.6) is 0 Å². The van der Waals surface area contributed by atoms with Gasteiger partial charge in [0.2, 0.25) is 0 Å². The summed E-state index contributed by atoms with van der Waals surface area (Å²) in [5.41, 5.74) is 15.0. The van der Waals surface area contributed by atoms with Gasteiger partial charge in [0.15, 0.2) is 0 Å². The molecule has 1 aliphatic heterocycles. The zero-order valence-electron chi connectivity index (χ0n) is 35.0. The molecule has 62 heavy (non-hydrogen) atoms. The maximum Gasteiger partial charge on any atom is 0.136 e. The highest BCUT2D eigenvalue weighted by Crippen LogP contribution is 2.57. The summed E-state index contributed by atoms with van der Waals surface area (Å²) in [6.07, 6.45) is 15.7. The van der Waals surface area contributed by atoms with Crippen LogP contribution in [0.2, 0.25) is 0 Å². The molecule has 3 nitrogen and oxygen atoms in total. The Morgan fingerprint density at radius 3 is 2.21 bits per heavy atom. The molecule has 8 aromatic carbocycles. The number of nitrogens with zero attached hydrogens (tertiary/aromatic N) is 2. The monoisotopic (exact) mass is 800 g/mol. The minimum atomic E-state index is -0.304. The van der Waals surface area contributed by atoms with Gasteiger partial charge in [-0.3, -0.25) is 0 Å². The number of rotatable bonds is 7. The van der Waals surface area contributed by atoms with Crippen molar-refractivity contribution in [2.45, 2.75) is 56.4 Å². The second kappa shape index (κ2) is 14.8. The molecule has 0 saturated heterocycles. The van der Waals surface area contributed by atoms with Gasteiger partial charge in [-0.25, -0.2) is 0 Å². The fourth-order valence-electron chi connectivity index (χ4n) is 11.2. The summed E-state index contributed by atoms with van der Waals surface area (Å²) in [6, 6.07) is 65.1. The zero-order valence-corrected chi connectivity index (χ0v) is 35.0. The van der Waals surface area contributed by atoms with Crippen LogP contribution in [0.3, 0.4) is 0 Å². The third-order valence-corrected chi connectivity index (χ3v) is 14.1. The van der Waals surface area contributed by atoms with Crippen LogP contribution in [0.1, 0.15) is 56.1 Å². The summed E-state index contributed by atoms with van der Waals surface area (Å²) in [4.78, 5) is 5.10. The van der Waals surface area contributed by atoms with Crippen molar-refractivity contribution < 1.29 is 4.42 Å². The van der Waals surface area contributed by atoms with E-state index in [0.717, 1.165) is 44.4 Å². The standard InChI is InChI=1S/C59H48N2O/c1-59-37-13-12-34-56(59)61(44-23-6-3-7-24-44)53-32-17-31-52(58(53)59)60(45-25-14-22-42(38-45)43-35-36-49-48-27-9-11-33-54(48)62-55(49)39-43)51-30-10-8-26-47(51)50-29-16-21-41-20-15-28-46(57(41)50)40-18-4-2-5-19-40/h3,6-17,20-40,56H,2,4-5,18-19H2,1H3. The Hall–Kier alpha value is -7.10. The van der Waals surface area contributed by atoms with Crippen molar-refractivity contribution in [1.82, 2.24) is 0 Å². The molecule has 2 heterocycles. The molecule has 0 spiro atoms. The second-order valence-corrected chi connectivity index (χ2v) is 17.6. The van der Waals surface area contributed by atoms with Crippen LogP contribution in [0.25, 0.3) is 55.0 Å². The number of allylic oxidation sites excluding steroid dienone is 2. The fraction of sp³-hybridized carbons (Fsp3) is 0.153. The van der Waals surface area contributed by atoms with Gasteiger partial charge in [-0.1, -0.05) is 159 Å². The van der Waals surface area contributed by atoms with Gasteiger partial charge >= 0.3 is 0 Å². The highest BCUT2D eigenvalue weighted by Gasteiger charge is 2.48. The van der Waals surface area contributed by atoms with E-state index in [2.05, 4.69) is 211 Å².